The lowest BCUT2D eigenvalue weighted by atomic mass is 9.93. The van der Waals surface area contributed by atoms with E-state index in [9.17, 15) is 23.3 Å². The van der Waals surface area contributed by atoms with E-state index in [4.69, 9.17) is 0 Å². The molecule has 0 saturated heterocycles. The minimum atomic E-state index is -3.83. The van der Waals surface area contributed by atoms with Gasteiger partial charge >= 0.3 is 0 Å². The van der Waals surface area contributed by atoms with Crippen LogP contribution < -0.4 is 9.62 Å². The molecule has 1 atom stereocenters. The molecule has 0 radical (unpaired) electrons. The number of nitro benzene ring substituents is 1. The second-order valence-electron chi connectivity index (χ2n) is 7.03. The molecule has 146 valence electrons. The largest absolute Gasteiger partial charge is 0.351 e. The van der Waals surface area contributed by atoms with Crippen molar-refractivity contribution in [1.82, 2.24) is 5.32 Å². The van der Waals surface area contributed by atoms with Crippen LogP contribution in [0, 0.1) is 22.0 Å². The molecule has 0 aliphatic rings. The van der Waals surface area contributed by atoms with E-state index in [1.54, 1.807) is 0 Å². The van der Waals surface area contributed by atoms with E-state index in [1.807, 2.05) is 27.7 Å². The lowest BCUT2D eigenvalue weighted by Crippen LogP contribution is -2.52. The van der Waals surface area contributed by atoms with Crippen LogP contribution in [0.1, 0.15) is 34.6 Å². The highest BCUT2D eigenvalue weighted by Crippen LogP contribution is 2.25. The Bertz CT molecular complexity index is 753. The molecule has 0 saturated carbocycles. The Morgan fingerprint density at radius 1 is 1.15 bits per heavy atom. The zero-order valence-corrected chi connectivity index (χ0v) is 16.8. The predicted molar refractivity (Wildman–Crippen MR) is 101 cm³/mol. The van der Waals surface area contributed by atoms with Crippen molar-refractivity contribution >= 4 is 27.3 Å². The zero-order valence-electron chi connectivity index (χ0n) is 16.0. The highest BCUT2D eigenvalue weighted by atomic mass is 32.2. The molecule has 0 aliphatic heterocycles. The molecule has 0 aliphatic carbocycles. The summed E-state index contributed by atoms with van der Waals surface area (Å²) < 4.78 is 25.5. The van der Waals surface area contributed by atoms with E-state index in [-0.39, 0.29) is 29.3 Å². The molecule has 0 unspecified atom stereocenters. The van der Waals surface area contributed by atoms with Gasteiger partial charge in [-0.15, -0.1) is 0 Å². The number of non-ortho nitro benzene ring substituents is 1. The number of carbonyl (C=O) groups excluding carboxylic acids is 1. The van der Waals surface area contributed by atoms with Crippen LogP contribution in [0.2, 0.25) is 0 Å². The first-order chi connectivity index (χ1) is 11.9. The van der Waals surface area contributed by atoms with Gasteiger partial charge in [-0.3, -0.25) is 19.2 Å². The molecule has 1 aromatic carbocycles. The summed E-state index contributed by atoms with van der Waals surface area (Å²) in [5.41, 5.74) is -0.166. The van der Waals surface area contributed by atoms with Crippen LogP contribution in [-0.2, 0) is 14.8 Å². The smallest absolute Gasteiger partial charge is 0.271 e. The Labute approximate surface area is 154 Å². The summed E-state index contributed by atoms with van der Waals surface area (Å²) in [5, 5.41) is 13.9. The maximum Gasteiger partial charge on any atom is 0.271 e. The van der Waals surface area contributed by atoms with Crippen LogP contribution in [0.15, 0.2) is 24.3 Å². The third-order valence-electron chi connectivity index (χ3n) is 4.13. The van der Waals surface area contributed by atoms with Gasteiger partial charge in [0.2, 0.25) is 15.9 Å². The Hall–Kier alpha value is -2.16. The number of amides is 1. The summed E-state index contributed by atoms with van der Waals surface area (Å²) in [6.45, 7) is 9.37. The fraction of sp³-hybridized carbons (Fsp3) is 0.588. The van der Waals surface area contributed by atoms with Gasteiger partial charge in [0.25, 0.3) is 5.69 Å². The van der Waals surface area contributed by atoms with E-state index >= 15 is 0 Å². The van der Waals surface area contributed by atoms with Crippen LogP contribution in [-0.4, -0.2) is 37.6 Å². The van der Waals surface area contributed by atoms with Crippen LogP contribution in [0.25, 0.3) is 0 Å². The lowest BCUT2D eigenvalue weighted by Gasteiger charge is -2.32. The summed E-state index contributed by atoms with van der Waals surface area (Å²) in [5.74, 6) is -0.0966. The Kier molecular flexibility index (Phi) is 7.14. The molecule has 9 heteroatoms. The van der Waals surface area contributed by atoms with Gasteiger partial charge in [0, 0.05) is 18.2 Å². The van der Waals surface area contributed by atoms with Crippen molar-refractivity contribution in [2.75, 3.05) is 10.6 Å². The Balaban J connectivity index is 3.24. The molecule has 1 N–H and O–H groups in total. The summed E-state index contributed by atoms with van der Waals surface area (Å²) >= 11 is 0. The molecule has 1 aromatic rings. The zero-order chi connectivity index (χ0) is 20.2. The highest BCUT2D eigenvalue weighted by molar-refractivity contribution is 7.92. The number of hydrogen-bond acceptors (Lipinski definition) is 5. The number of carbonyl (C=O) groups is 1. The minimum absolute atomic E-state index is 0.0787. The van der Waals surface area contributed by atoms with Gasteiger partial charge in [-0.25, -0.2) is 8.42 Å². The van der Waals surface area contributed by atoms with Crippen molar-refractivity contribution in [3.63, 3.8) is 0 Å². The quantitative estimate of drug-likeness (QED) is 0.546. The summed E-state index contributed by atoms with van der Waals surface area (Å²) in [6.07, 6.45) is 0.970. The van der Waals surface area contributed by atoms with Gasteiger partial charge in [0.15, 0.2) is 0 Å². The summed E-state index contributed by atoms with van der Waals surface area (Å²) in [4.78, 5) is 23.1. The SMILES string of the molecule is CC(C)C(NC(=O)[C@H](C)N(c1cccc([N+](=O)[O-])c1)S(C)(=O)=O)C(C)C. The van der Waals surface area contributed by atoms with E-state index in [1.165, 1.54) is 25.1 Å². The Morgan fingerprint density at radius 2 is 1.69 bits per heavy atom. The van der Waals surface area contributed by atoms with Crippen molar-refractivity contribution < 1.29 is 18.1 Å². The molecular weight excluding hydrogens is 358 g/mol. The number of hydrogen-bond donors (Lipinski definition) is 1. The number of benzene rings is 1. The molecule has 0 spiro atoms. The monoisotopic (exact) mass is 385 g/mol. The van der Waals surface area contributed by atoms with Gasteiger partial charge in [0.05, 0.1) is 16.9 Å². The maximum absolute atomic E-state index is 12.7. The molecule has 0 heterocycles. The number of sulfonamides is 1. The second-order valence-corrected chi connectivity index (χ2v) is 8.89. The van der Waals surface area contributed by atoms with Crippen LogP contribution in [0.4, 0.5) is 11.4 Å². The highest BCUT2D eigenvalue weighted by Gasteiger charge is 2.32. The standard InChI is InChI=1S/C17H27N3O5S/c1-11(2)16(12(3)4)18-17(21)13(5)19(26(6,24)25)14-8-7-9-15(10-14)20(22)23/h7-13,16H,1-6H3,(H,18,21)/t13-/m0/s1. The van der Waals surface area contributed by atoms with Crippen LogP contribution in [0.3, 0.4) is 0 Å². The molecule has 0 bridgehead atoms. The molecule has 8 nitrogen and oxygen atoms in total. The van der Waals surface area contributed by atoms with E-state index in [2.05, 4.69) is 5.32 Å². The van der Waals surface area contributed by atoms with Crippen molar-refractivity contribution in [2.24, 2.45) is 11.8 Å². The minimum Gasteiger partial charge on any atom is -0.351 e. The molecule has 1 rings (SSSR count). The lowest BCUT2D eigenvalue weighted by molar-refractivity contribution is -0.384. The molecule has 1 amide bonds. The van der Waals surface area contributed by atoms with Gasteiger partial charge in [-0.05, 0) is 24.8 Å². The predicted octanol–water partition coefficient (Wildman–Crippen LogP) is 2.55. The third-order valence-corrected chi connectivity index (χ3v) is 5.37. The van der Waals surface area contributed by atoms with Crippen LogP contribution >= 0.6 is 0 Å². The Morgan fingerprint density at radius 3 is 2.12 bits per heavy atom. The first-order valence-corrected chi connectivity index (χ1v) is 10.2. The number of nitro groups is 1. The van der Waals surface area contributed by atoms with Gasteiger partial charge in [-0.2, -0.15) is 0 Å². The summed E-state index contributed by atoms with van der Waals surface area (Å²) in [6, 6.07) is 4.07. The van der Waals surface area contributed by atoms with Crippen LogP contribution in [0.5, 0.6) is 0 Å². The summed E-state index contributed by atoms with van der Waals surface area (Å²) in [7, 11) is -3.83. The fourth-order valence-corrected chi connectivity index (χ4v) is 4.11. The molecular formula is C17H27N3O5S. The number of nitrogens with zero attached hydrogens (tertiary/aromatic N) is 2. The normalized spacial score (nSPS) is 13.1. The average Bonchev–Trinajstić information content (AvgIpc) is 2.50. The van der Waals surface area contributed by atoms with Crippen molar-refractivity contribution in [3.05, 3.63) is 34.4 Å². The van der Waals surface area contributed by atoms with Gasteiger partial charge in [0.1, 0.15) is 6.04 Å². The maximum atomic E-state index is 12.7. The molecule has 0 fully saturated rings. The van der Waals surface area contributed by atoms with Crippen molar-refractivity contribution in [2.45, 2.75) is 46.7 Å². The van der Waals surface area contributed by atoms with Crippen molar-refractivity contribution in [1.29, 1.82) is 0 Å². The average molecular weight is 385 g/mol. The topological polar surface area (TPSA) is 110 Å². The second kappa shape index (κ2) is 8.48. The fourth-order valence-electron chi connectivity index (χ4n) is 2.94. The van der Waals surface area contributed by atoms with Crippen molar-refractivity contribution in [3.8, 4) is 0 Å². The van der Waals surface area contributed by atoms with E-state index in [0.717, 1.165) is 16.6 Å². The van der Waals surface area contributed by atoms with Gasteiger partial charge in [-0.1, -0.05) is 33.8 Å². The molecule has 26 heavy (non-hydrogen) atoms. The van der Waals surface area contributed by atoms with E-state index in [0.29, 0.717) is 0 Å². The number of anilines is 1. The third kappa shape index (κ3) is 5.42. The van der Waals surface area contributed by atoms with Gasteiger partial charge < -0.3 is 5.32 Å². The number of nitrogens with one attached hydrogen (secondary N) is 1. The first-order valence-electron chi connectivity index (χ1n) is 8.40. The van der Waals surface area contributed by atoms with E-state index < -0.39 is 26.9 Å². The first kappa shape index (κ1) is 21.9. The number of rotatable bonds is 8. The molecule has 0 aromatic heterocycles.